The van der Waals surface area contributed by atoms with Gasteiger partial charge in [0.15, 0.2) is 5.01 Å². The normalized spacial score (nSPS) is 10.2. The standard InChI is InChI=1S/C11H10N2O5S/c1-5(14)13-10-8(17-6(2)15)7(16)9(18-10)11-12-3-4-19-11/h3-4,16H,1-2H3,(H,13,14). The Morgan fingerprint density at radius 3 is 2.74 bits per heavy atom. The van der Waals surface area contributed by atoms with Gasteiger partial charge in [0.25, 0.3) is 0 Å². The van der Waals surface area contributed by atoms with E-state index in [4.69, 9.17) is 9.15 Å². The Morgan fingerprint density at radius 2 is 2.21 bits per heavy atom. The number of esters is 1. The van der Waals surface area contributed by atoms with Crippen molar-refractivity contribution >= 4 is 29.1 Å². The summed E-state index contributed by atoms with van der Waals surface area (Å²) in [4.78, 5) is 26.0. The second kappa shape index (κ2) is 5.11. The molecule has 0 atom stereocenters. The molecule has 0 saturated carbocycles. The van der Waals surface area contributed by atoms with Crippen molar-refractivity contribution in [3.63, 3.8) is 0 Å². The first-order chi connectivity index (χ1) is 8.99. The summed E-state index contributed by atoms with van der Waals surface area (Å²) in [5, 5.41) is 14.4. The van der Waals surface area contributed by atoms with Crippen LogP contribution in [0.25, 0.3) is 10.8 Å². The van der Waals surface area contributed by atoms with Gasteiger partial charge in [-0.2, -0.15) is 0 Å². The van der Waals surface area contributed by atoms with Crippen LogP contribution in [-0.4, -0.2) is 22.0 Å². The average Bonchev–Trinajstić information content (AvgIpc) is 2.90. The summed E-state index contributed by atoms with van der Waals surface area (Å²) in [5.74, 6) is -1.77. The Balaban J connectivity index is 2.49. The van der Waals surface area contributed by atoms with Crippen LogP contribution in [0, 0.1) is 0 Å². The minimum atomic E-state index is -0.645. The lowest BCUT2D eigenvalue weighted by molar-refractivity contribution is -0.132. The van der Waals surface area contributed by atoms with Crippen LogP contribution in [0.15, 0.2) is 16.0 Å². The number of aromatic hydroxyl groups is 1. The molecule has 19 heavy (non-hydrogen) atoms. The molecular formula is C11H10N2O5S. The second-order valence-corrected chi connectivity index (χ2v) is 4.44. The number of ether oxygens (including phenoxy) is 1. The fourth-order valence-electron chi connectivity index (χ4n) is 1.37. The molecule has 2 aromatic rings. The zero-order valence-corrected chi connectivity index (χ0v) is 10.9. The highest BCUT2D eigenvalue weighted by Gasteiger charge is 2.26. The van der Waals surface area contributed by atoms with E-state index in [0.29, 0.717) is 5.01 Å². The monoisotopic (exact) mass is 282 g/mol. The number of anilines is 1. The highest BCUT2D eigenvalue weighted by molar-refractivity contribution is 7.13. The number of nitrogens with zero attached hydrogens (tertiary/aromatic N) is 1. The Kier molecular flexibility index (Phi) is 3.52. The second-order valence-electron chi connectivity index (χ2n) is 3.55. The summed E-state index contributed by atoms with van der Waals surface area (Å²) in [6, 6.07) is 0. The molecule has 0 unspecified atom stereocenters. The van der Waals surface area contributed by atoms with E-state index in [1.807, 2.05) is 0 Å². The van der Waals surface area contributed by atoms with E-state index in [1.165, 1.54) is 31.4 Å². The fraction of sp³-hybridized carbons (Fsp3) is 0.182. The third-order valence-corrected chi connectivity index (χ3v) is 2.77. The van der Waals surface area contributed by atoms with Crippen molar-refractivity contribution in [2.45, 2.75) is 13.8 Å². The van der Waals surface area contributed by atoms with Gasteiger partial charge in [-0.05, 0) is 0 Å². The van der Waals surface area contributed by atoms with Crippen LogP contribution in [0.4, 0.5) is 5.88 Å². The van der Waals surface area contributed by atoms with Crippen molar-refractivity contribution < 1.29 is 23.8 Å². The maximum absolute atomic E-state index is 11.1. The third-order valence-electron chi connectivity index (χ3n) is 2.00. The van der Waals surface area contributed by atoms with E-state index in [2.05, 4.69) is 10.3 Å². The largest absolute Gasteiger partial charge is 0.501 e. The topological polar surface area (TPSA) is 102 Å². The molecule has 0 bridgehead atoms. The molecule has 0 aliphatic rings. The van der Waals surface area contributed by atoms with Crippen molar-refractivity contribution in [3.05, 3.63) is 11.6 Å². The Morgan fingerprint density at radius 1 is 1.47 bits per heavy atom. The zero-order valence-electron chi connectivity index (χ0n) is 10.1. The highest BCUT2D eigenvalue weighted by Crippen LogP contribution is 2.46. The van der Waals surface area contributed by atoms with E-state index in [0.717, 1.165) is 0 Å². The molecule has 1 amide bonds. The van der Waals surface area contributed by atoms with Crippen LogP contribution in [0.5, 0.6) is 11.5 Å². The average molecular weight is 282 g/mol. The first kappa shape index (κ1) is 13.1. The lowest BCUT2D eigenvalue weighted by atomic mass is 10.4. The van der Waals surface area contributed by atoms with E-state index in [-0.39, 0.29) is 23.1 Å². The van der Waals surface area contributed by atoms with Crippen LogP contribution in [0.2, 0.25) is 0 Å². The Hall–Kier alpha value is -2.35. The smallest absolute Gasteiger partial charge is 0.308 e. The number of carbonyl (C=O) groups excluding carboxylic acids is 2. The number of nitrogens with one attached hydrogen (secondary N) is 1. The number of carbonyl (C=O) groups is 2. The quantitative estimate of drug-likeness (QED) is 0.835. The van der Waals surface area contributed by atoms with Crippen molar-refractivity contribution in [1.29, 1.82) is 0 Å². The lowest BCUT2D eigenvalue weighted by Crippen LogP contribution is -2.08. The van der Waals surface area contributed by atoms with Gasteiger partial charge in [0.2, 0.25) is 29.1 Å². The molecule has 0 aliphatic heterocycles. The number of furan rings is 1. The molecule has 2 N–H and O–H groups in total. The first-order valence-electron chi connectivity index (χ1n) is 5.20. The van der Waals surface area contributed by atoms with E-state index in [9.17, 15) is 14.7 Å². The van der Waals surface area contributed by atoms with Gasteiger partial charge < -0.3 is 14.3 Å². The number of thiazole rings is 1. The van der Waals surface area contributed by atoms with Gasteiger partial charge in [-0.3, -0.25) is 14.9 Å². The molecule has 8 heteroatoms. The van der Waals surface area contributed by atoms with Crippen molar-refractivity contribution in [3.8, 4) is 22.3 Å². The molecule has 2 aromatic heterocycles. The van der Waals surface area contributed by atoms with Gasteiger partial charge in [0.1, 0.15) is 0 Å². The van der Waals surface area contributed by atoms with Gasteiger partial charge in [-0.1, -0.05) is 0 Å². The van der Waals surface area contributed by atoms with Crippen LogP contribution < -0.4 is 10.1 Å². The predicted octanol–water partition coefficient (Wildman–Crippen LogP) is 1.99. The number of aromatic nitrogens is 1. The van der Waals surface area contributed by atoms with Crippen molar-refractivity contribution in [2.24, 2.45) is 0 Å². The minimum absolute atomic E-state index is 0.0370. The van der Waals surface area contributed by atoms with Crippen LogP contribution in [0.1, 0.15) is 13.8 Å². The summed E-state index contributed by atoms with van der Waals surface area (Å²) in [5.41, 5.74) is 0. The van der Waals surface area contributed by atoms with Gasteiger partial charge in [0, 0.05) is 25.4 Å². The molecule has 2 rings (SSSR count). The van der Waals surface area contributed by atoms with Crippen LogP contribution in [-0.2, 0) is 9.59 Å². The summed E-state index contributed by atoms with van der Waals surface area (Å²) in [6.07, 6.45) is 1.53. The number of rotatable bonds is 3. The van der Waals surface area contributed by atoms with Gasteiger partial charge in [-0.25, -0.2) is 4.98 Å². The number of amides is 1. The summed E-state index contributed by atoms with van der Waals surface area (Å²) < 4.78 is 10.1. The molecule has 0 fully saturated rings. The molecule has 0 spiro atoms. The maximum Gasteiger partial charge on any atom is 0.308 e. The molecule has 0 aromatic carbocycles. The molecule has 100 valence electrons. The Labute approximate surface area is 111 Å². The molecule has 2 heterocycles. The maximum atomic E-state index is 11.1. The number of hydrogen-bond acceptors (Lipinski definition) is 7. The van der Waals surface area contributed by atoms with Crippen molar-refractivity contribution in [2.75, 3.05) is 5.32 Å². The molecule has 0 radical (unpaired) electrons. The van der Waals surface area contributed by atoms with Crippen molar-refractivity contribution in [1.82, 2.24) is 4.98 Å². The molecular weight excluding hydrogens is 272 g/mol. The molecule has 0 saturated heterocycles. The third kappa shape index (κ3) is 2.74. The highest BCUT2D eigenvalue weighted by atomic mass is 32.1. The predicted molar refractivity (Wildman–Crippen MR) is 67.1 cm³/mol. The molecule has 7 nitrogen and oxygen atoms in total. The van der Waals surface area contributed by atoms with E-state index < -0.39 is 11.9 Å². The SMILES string of the molecule is CC(=O)Nc1oc(-c2nccs2)c(O)c1OC(C)=O. The van der Waals surface area contributed by atoms with E-state index >= 15 is 0 Å². The first-order valence-corrected chi connectivity index (χ1v) is 6.08. The summed E-state index contributed by atoms with van der Waals surface area (Å²) in [6.45, 7) is 2.44. The summed E-state index contributed by atoms with van der Waals surface area (Å²) in [7, 11) is 0. The zero-order chi connectivity index (χ0) is 14.0. The van der Waals surface area contributed by atoms with Gasteiger partial charge >= 0.3 is 5.97 Å². The van der Waals surface area contributed by atoms with Crippen LogP contribution in [0.3, 0.4) is 0 Å². The van der Waals surface area contributed by atoms with E-state index in [1.54, 1.807) is 5.38 Å². The van der Waals surface area contributed by atoms with Crippen LogP contribution >= 0.6 is 11.3 Å². The van der Waals surface area contributed by atoms with Gasteiger partial charge in [-0.15, -0.1) is 11.3 Å². The minimum Gasteiger partial charge on any atom is -0.501 e. The summed E-state index contributed by atoms with van der Waals surface area (Å²) >= 11 is 1.23. The lowest BCUT2D eigenvalue weighted by Gasteiger charge is -2.01. The fourth-order valence-corrected chi connectivity index (χ4v) is 1.99. The van der Waals surface area contributed by atoms with Gasteiger partial charge in [0.05, 0.1) is 0 Å². The molecule has 0 aliphatic carbocycles. The number of hydrogen-bond donors (Lipinski definition) is 2. The Bertz CT molecular complexity index is 617.